The zero-order valence-corrected chi connectivity index (χ0v) is 7.47. The van der Waals surface area contributed by atoms with Gasteiger partial charge in [0.25, 0.3) is 6.41 Å². The van der Waals surface area contributed by atoms with Gasteiger partial charge < -0.3 is 9.84 Å². The van der Waals surface area contributed by atoms with E-state index in [9.17, 15) is 0 Å². The molecule has 0 spiro atoms. The van der Waals surface area contributed by atoms with Crippen molar-refractivity contribution >= 4 is 10.8 Å². The van der Waals surface area contributed by atoms with Gasteiger partial charge in [0.15, 0.2) is 0 Å². The normalized spacial score (nSPS) is 12.7. The van der Waals surface area contributed by atoms with Crippen molar-refractivity contribution in [2.45, 2.75) is 6.41 Å². The summed E-state index contributed by atoms with van der Waals surface area (Å²) in [6.45, 7) is 0. The molecule has 71 valence electrons. The Hall–Kier alpha value is -1.58. The van der Waals surface area contributed by atoms with Gasteiger partial charge in [0.1, 0.15) is 5.75 Å². The van der Waals surface area contributed by atoms with Gasteiger partial charge in [-0.15, -0.1) is 0 Å². The Labute approximate surface area is 81.7 Å². The lowest BCUT2D eigenvalue weighted by atomic mass is 10.1. The first-order valence-corrected chi connectivity index (χ1v) is 4.31. The Morgan fingerprint density at radius 3 is 2.57 bits per heavy atom. The van der Waals surface area contributed by atoms with Crippen LogP contribution in [0, 0.1) is 0 Å². The van der Waals surface area contributed by atoms with Gasteiger partial charge in [0.2, 0.25) is 0 Å². The Balaban J connectivity index is 2.53. The molecular weight excluding hydrogens is 178 g/mol. The van der Waals surface area contributed by atoms with E-state index in [2.05, 4.69) is 0 Å². The molecule has 1 atom stereocenters. The van der Waals surface area contributed by atoms with E-state index in [0.29, 0.717) is 5.75 Å². The molecule has 0 saturated heterocycles. The van der Waals surface area contributed by atoms with Crippen LogP contribution in [0.4, 0.5) is 0 Å². The third-order valence-electron chi connectivity index (χ3n) is 1.99. The number of hydrogen-bond acceptors (Lipinski definition) is 2. The van der Waals surface area contributed by atoms with E-state index < -0.39 is 6.41 Å². The zero-order valence-electron chi connectivity index (χ0n) is 7.47. The highest BCUT2D eigenvalue weighted by atomic mass is 16.6. The first-order chi connectivity index (χ1) is 6.77. The molecule has 0 saturated carbocycles. The molecule has 0 aliphatic carbocycles. The fourth-order valence-electron chi connectivity index (χ4n) is 1.42. The smallest absolute Gasteiger partial charge is 0.269 e. The van der Waals surface area contributed by atoms with Crippen LogP contribution >= 0.6 is 0 Å². The predicted octanol–water partition coefficient (Wildman–Crippen LogP) is 1.78. The predicted molar refractivity (Wildman–Crippen MR) is 53.7 cm³/mol. The molecule has 1 unspecified atom stereocenters. The first kappa shape index (κ1) is 8.99. The number of ether oxygens (including phenoxy) is 1. The first-order valence-electron chi connectivity index (χ1n) is 4.31. The van der Waals surface area contributed by atoms with E-state index >= 15 is 0 Å². The van der Waals surface area contributed by atoms with E-state index in [-0.39, 0.29) is 0 Å². The number of benzene rings is 2. The number of nitrogens with one attached hydrogen (secondary N) is 1. The van der Waals surface area contributed by atoms with Crippen LogP contribution in [0.1, 0.15) is 0 Å². The van der Waals surface area contributed by atoms with E-state index in [1.807, 2.05) is 36.4 Å². The summed E-state index contributed by atoms with van der Waals surface area (Å²) in [5.41, 5.74) is 6.92. The number of aliphatic hydroxyl groups is 1. The average molecular weight is 188 g/mol. The van der Waals surface area contributed by atoms with Gasteiger partial charge in [-0.05, 0) is 11.5 Å². The van der Waals surface area contributed by atoms with Crippen molar-refractivity contribution in [2.24, 2.45) is 0 Å². The number of hydrogen-bond donors (Lipinski definition) is 1. The van der Waals surface area contributed by atoms with E-state index in [4.69, 9.17) is 15.6 Å². The van der Waals surface area contributed by atoms with Gasteiger partial charge in [-0.3, -0.25) is 0 Å². The molecule has 0 aromatic heterocycles. The largest absolute Gasteiger partial charge is 0.450 e. The van der Waals surface area contributed by atoms with Crippen molar-refractivity contribution in [3.63, 3.8) is 0 Å². The van der Waals surface area contributed by atoms with Crippen molar-refractivity contribution in [3.05, 3.63) is 42.5 Å². The molecule has 2 N–H and O–H groups in total. The van der Waals surface area contributed by atoms with Crippen LogP contribution in [0.15, 0.2) is 42.5 Å². The van der Waals surface area contributed by atoms with Crippen LogP contribution in [-0.2, 0) is 0 Å². The highest BCUT2D eigenvalue weighted by molar-refractivity contribution is 5.88. The Kier molecular flexibility index (Phi) is 2.35. The van der Waals surface area contributed by atoms with Gasteiger partial charge in [0, 0.05) is 5.39 Å². The molecule has 3 heteroatoms. The summed E-state index contributed by atoms with van der Waals surface area (Å²) in [5, 5.41) is 10.7. The maximum atomic E-state index is 8.81. The lowest BCUT2D eigenvalue weighted by molar-refractivity contribution is -0.0163. The lowest BCUT2D eigenvalue weighted by Gasteiger charge is -2.09. The highest BCUT2D eigenvalue weighted by Crippen LogP contribution is 2.25. The maximum absolute atomic E-state index is 8.81. The van der Waals surface area contributed by atoms with Gasteiger partial charge in [0.05, 0.1) is 0 Å². The van der Waals surface area contributed by atoms with Gasteiger partial charge in [-0.2, -0.15) is 5.73 Å². The van der Waals surface area contributed by atoms with Crippen LogP contribution in [0.2, 0.25) is 0 Å². The average Bonchev–Trinajstić information content (AvgIpc) is 2.18. The molecule has 3 nitrogen and oxygen atoms in total. The Morgan fingerprint density at radius 1 is 1.07 bits per heavy atom. The van der Waals surface area contributed by atoms with Crippen LogP contribution in [-0.4, -0.2) is 11.5 Å². The van der Waals surface area contributed by atoms with Gasteiger partial charge >= 0.3 is 0 Å². The third kappa shape index (κ3) is 1.69. The molecule has 0 aliphatic rings. The number of rotatable bonds is 2. The molecule has 14 heavy (non-hydrogen) atoms. The van der Waals surface area contributed by atoms with Crippen LogP contribution in [0.25, 0.3) is 10.8 Å². The minimum absolute atomic E-state index is 0.533. The second-order valence-corrected chi connectivity index (χ2v) is 2.95. The van der Waals surface area contributed by atoms with Crippen molar-refractivity contribution in [1.82, 2.24) is 5.73 Å². The standard InChI is InChI=1S/C11H10NO2/c12-11(13)14-10-7-3-5-8-4-1-2-6-9(8)10/h1-7,11-13H. The quantitative estimate of drug-likeness (QED) is 0.730. The Bertz CT molecular complexity index is 435. The number of aliphatic hydroxyl groups excluding tert-OH is 1. The van der Waals surface area contributed by atoms with E-state index in [1.165, 1.54) is 0 Å². The van der Waals surface area contributed by atoms with Crippen LogP contribution in [0.3, 0.4) is 0 Å². The fraction of sp³-hybridized carbons (Fsp3) is 0.0909. The molecule has 1 radical (unpaired) electrons. The molecule has 2 rings (SSSR count). The van der Waals surface area contributed by atoms with Gasteiger partial charge in [-0.25, -0.2) is 0 Å². The summed E-state index contributed by atoms with van der Waals surface area (Å²) in [6, 6.07) is 13.2. The molecule has 0 fully saturated rings. The van der Waals surface area contributed by atoms with E-state index in [0.717, 1.165) is 10.8 Å². The Morgan fingerprint density at radius 2 is 1.79 bits per heavy atom. The molecule has 2 aromatic carbocycles. The van der Waals surface area contributed by atoms with Crippen molar-refractivity contribution < 1.29 is 9.84 Å². The number of fused-ring (bicyclic) bond motifs is 1. The van der Waals surface area contributed by atoms with Gasteiger partial charge in [-0.1, -0.05) is 36.4 Å². The second kappa shape index (κ2) is 3.65. The molecule has 0 heterocycles. The zero-order chi connectivity index (χ0) is 9.97. The van der Waals surface area contributed by atoms with Crippen molar-refractivity contribution in [1.29, 1.82) is 0 Å². The highest BCUT2D eigenvalue weighted by Gasteiger charge is 2.03. The molecule has 0 aliphatic heterocycles. The fourth-order valence-corrected chi connectivity index (χ4v) is 1.42. The minimum Gasteiger partial charge on any atom is -0.450 e. The van der Waals surface area contributed by atoms with Crippen LogP contribution < -0.4 is 10.5 Å². The summed E-state index contributed by atoms with van der Waals surface area (Å²) in [4.78, 5) is 0. The summed E-state index contributed by atoms with van der Waals surface area (Å²) in [5.74, 6) is 0.533. The summed E-state index contributed by atoms with van der Waals surface area (Å²) < 4.78 is 4.95. The lowest BCUT2D eigenvalue weighted by Crippen LogP contribution is -2.15. The molecule has 0 amide bonds. The monoisotopic (exact) mass is 188 g/mol. The summed E-state index contributed by atoms with van der Waals surface area (Å²) in [6.07, 6.45) is -1.53. The van der Waals surface area contributed by atoms with E-state index in [1.54, 1.807) is 6.07 Å². The van der Waals surface area contributed by atoms with Crippen molar-refractivity contribution in [2.75, 3.05) is 0 Å². The van der Waals surface area contributed by atoms with Crippen molar-refractivity contribution in [3.8, 4) is 5.75 Å². The molecule has 0 bridgehead atoms. The third-order valence-corrected chi connectivity index (χ3v) is 1.99. The topological polar surface area (TPSA) is 53.3 Å². The van der Waals surface area contributed by atoms with Crippen LogP contribution in [0.5, 0.6) is 5.75 Å². The molecular formula is C11H10NO2. The minimum atomic E-state index is -1.53. The second-order valence-electron chi connectivity index (χ2n) is 2.95. The summed E-state index contributed by atoms with van der Waals surface area (Å²) >= 11 is 0. The maximum Gasteiger partial charge on any atom is 0.269 e. The molecule has 2 aromatic rings. The SMILES string of the molecule is [NH]C(O)Oc1cccc2ccccc12. The summed E-state index contributed by atoms with van der Waals surface area (Å²) in [7, 11) is 0.